The molecule has 0 amide bonds. The maximum absolute atomic E-state index is 14.1. The number of carbonyl (C=O) groups is 2. The summed E-state index contributed by atoms with van der Waals surface area (Å²) < 4.78 is 12.6. The maximum atomic E-state index is 14.1. The molecule has 8 heteroatoms. The standard InChI is InChI=1S/C36H24Br2ClNO4/c1-43-34(41)32-33(35(42)44-2)40-30-10-6-4-8-24(30)21(12-11-20-7-3-5-9-29(20)39)17-31(40)36(32)27-18-22(37)13-15-25(27)26-16-14-23(38)19-28(26)36/h3-19,31H,1-2H3/b12-11+. The van der Waals surface area contributed by atoms with Crippen LogP contribution in [-0.4, -0.2) is 32.2 Å². The Kier molecular flexibility index (Phi) is 7.15. The van der Waals surface area contributed by atoms with Crippen molar-refractivity contribution in [1.29, 1.82) is 0 Å². The fraction of sp³-hybridized carbons (Fsp3) is 0.111. The van der Waals surface area contributed by atoms with Crippen LogP contribution >= 0.6 is 43.5 Å². The first-order valence-corrected chi connectivity index (χ1v) is 15.8. The van der Waals surface area contributed by atoms with E-state index in [4.69, 9.17) is 21.1 Å². The number of fused-ring (bicyclic) bond motifs is 9. The van der Waals surface area contributed by atoms with E-state index in [0.29, 0.717) is 5.02 Å². The number of halogens is 3. The van der Waals surface area contributed by atoms with Crippen LogP contribution in [0.25, 0.3) is 22.8 Å². The van der Waals surface area contributed by atoms with Crippen LogP contribution in [0.15, 0.2) is 117 Å². The van der Waals surface area contributed by atoms with Crippen LogP contribution in [0.5, 0.6) is 0 Å². The molecule has 44 heavy (non-hydrogen) atoms. The highest BCUT2D eigenvalue weighted by Gasteiger charge is 2.63. The van der Waals surface area contributed by atoms with E-state index in [1.165, 1.54) is 14.2 Å². The number of hydrogen-bond acceptors (Lipinski definition) is 5. The van der Waals surface area contributed by atoms with Crippen LogP contribution in [0.1, 0.15) is 22.3 Å². The van der Waals surface area contributed by atoms with Gasteiger partial charge in [-0.1, -0.05) is 110 Å². The third-order valence-electron chi connectivity index (χ3n) is 8.62. The van der Waals surface area contributed by atoms with Gasteiger partial charge in [0.1, 0.15) is 5.70 Å². The first kappa shape index (κ1) is 28.8. The molecule has 2 heterocycles. The zero-order valence-electron chi connectivity index (χ0n) is 23.6. The summed E-state index contributed by atoms with van der Waals surface area (Å²) in [5.41, 5.74) is 6.48. The normalized spacial score (nSPS) is 17.2. The van der Waals surface area contributed by atoms with Crippen LogP contribution in [0.3, 0.4) is 0 Å². The lowest BCUT2D eigenvalue weighted by Crippen LogP contribution is -2.46. The van der Waals surface area contributed by atoms with Crippen molar-refractivity contribution >= 4 is 72.7 Å². The van der Waals surface area contributed by atoms with Gasteiger partial charge in [0.2, 0.25) is 0 Å². The molecule has 7 rings (SSSR count). The molecule has 0 saturated carbocycles. The minimum atomic E-state index is -1.12. The molecule has 4 aromatic rings. The summed E-state index contributed by atoms with van der Waals surface area (Å²) >= 11 is 13.9. The van der Waals surface area contributed by atoms with Gasteiger partial charge in [0.15, 0.2) is 0 Å². The van der Waals surface area contributed by atoms with Gasteiger partial charge in [-0.05, 0) is 69.8 Å². The Labute approximate surface area is 276 Å². The Balaban J connectivity index is 1.61. The number of allylic oxidation sites excluding steroid dienone is 2. The van der Waals surface area contributed by atoms with Crippen molar-refractivity contribution in [3.05, 3.63) is 145 Å². The zero-order valence-corrected chi connectivity index (χ0v) is 27.5. The van der Waals surface area contributed by atoms with Gasteiger partial charge < -0.3 is 14.4 Å². The van der Waals surface area contributed by atoms with Gasteiger partial charge in [0, 0.05) is 25.2 Å². The lowest BCUT2D eigenvalue weighted by atomic mass is 9.67. The molecule has 1 atom stereocenters. The molecule has 1 aliphatic carbocycles. The average Bonchev–Trinajstić information content (AvgIpc) is 3.49. The molecule has 1 spiro atoms. The second kappa shape index (κ2) is 10.9. The zero-order chi connectivity index (χ0) is 30.7. The maximum Gasteiger partial charge on any atom is 0.355 e. The molecule has 0 fully saturated rings. The molecule has 0 bridgehead atoms. The third kappa shape index (κ3) is 4.10. The fourth-order valence-corrected chi connectivity index (χ4v) is 7.85. The smallest absolute Gasteiger partial charge is 0.355 e. The topological polar surface area (TPSA) is 55.8 Å². The molecule has 0 aromatic heterocycles. The number of esters is 2. The Morgan fingerprint density at radius 2 is 1.41 bits per heavy atom. The molecule has 218 valence electrons. The number of benzene rings is 4. The van der Waals surface area contributed by atoms with Crippen LogP contribution in [0.4, 0.5) is 5.69 Å². The molecule has 1 unspecified atom stereocenters. The predicted octanol–water partition coefficient (Wildman–Crippen LogP) is 8.73. The first-order valence-electron chi connectivity index (χ1n) is 13.9. The van der Waals surface area contributed by atoms with Gasteiger partial charge in [-0.3, -0.25) is 0 Å². The highest BCUT2D eigenvalue weighted by atomic mass is 79.9. The Hall–Kier alpha value is -3.91. The first-order chi connectivity index (χ1) is 21.3. The van der Waals surface area contributed by atoms with Crippen LogP contribution in [0.2, 0.25) is 5.02 Å². The van der Waals surface area contributed by atoms with Gasteiger partial charge in [-0.2, -0.15) is 0 Å². The number of ether oxygens (including phenoxy) is 2. The van der Waals surface area contributed by atoms with E-state index in [9.17, 15) is 9.59 Å². The molecule has 2 aliphatic heterocycles. The van der Waals surface area contributed by atoms with E-state index in [1.54, 1.807) is 0 Å². The summed E-state index contributed by atoms with van der Waals surface area (Å²) in [6, 6.07) is 27.1. The van der Waals surface area contributed by atoms with Crippen molar-refractivity contribution in [3.8, 4) is 11.1 Å². The summed E-state index contributed by atoms with van der Waals surface area (Å²) in [7, 11) is 2.67. The van der Waals surface area contributed by atoms with Crippen LogP contribution < -0.4 is 4.90 Å². The van der Waals surface area contributed by atoms with Gasteiger partial charge in [-0.25, -0.2) is 9.59 Å². The SMILES string of the molecule is COC(=O)C1=C(C(=O)OC)C2(c3cc(Br)ccc3-c3ccc(Br)cc32)C2C=C(/C=C/c3ccccc3Cl)c3ccccc3N12. The number of rotatable bonds is 4. The van der Waals surface area contributed by atoms with Gasteiger partial charge in [0.05, 0.1) is 31.2 Å². The lowest BCUT2D eigenvalue weighted by molar-refractivity contribution is -0.139. The van der Waals surface area contributed by atoms with Crippen molar-refractivity contribution in [2.45, 2.75) is 11.5 Å². The van der Waals surface area contributed by atoms with E-state index in [-0.39, 0.29) is 11.3 Å². The van der Waals surface area contributed by atoms with E-state index in [1.807, 2.05) is 89.8 Å². The number of anilines is 1. The summed E-state index contributed by atoms with van der Waals surface area (Å²) in [4.78, 5) is 29.9. The number of hydrogen-bond donors (Lipinski definition) is 0. The second-order valence-electron chi connectivity index (χ2n) is 10.7. The summed E-state index contributed by atoms with van der Waals surface area (Å²) in [6.45, 7) is 0. The van der Waals surface area contributed by atoms with E-state index >= 15 is 0 Å². The minimum absolute atomic E-state index is 0.154. The molecule has 0 radical (unpaired) electrons. The number of para-hydroxylation sites is 1. The van der Waals surface area contributed by atoms with Crippen molar-refractivity contribution < 1.29 is 19.1 Å². The van der Waals surface area contributed by atoms with Crippen LogP contribution in [-0.2, 0) is 24.5 Å². The third-order valence-corrected chi connectivity index (χ3v) is 9.96. The second-order valence-corrected chi connectivity index (χ2v) is 12.9. The predicted molar refractivity (Wildman–Crippen MR) is 180 cm³/mol. The monoisotopic (exact) mass is 727 g/mol. The van der Waals surface area contributed by atoms with E-state index in [0.717, 1.165) is 53.6 Å². The number of nitrogens with zero attached hydrogens (tertiary/aromatic N) is 1. The van der Waals surface area contributed by atoms with Gasteiger partial charge >= 0.3 is 11.9 Å². The Morgan fingerprint density at radius 3 is 2.05 bits per heavy atom. The number of carbonyl (C=O) groups excluding carboxylic acids is 2. The highest BCUT2D eigenvalue weighted by molar-refractivity contribution is 9.10. The largest absolute Gasteiger partial charge is 0.466 e. The Bertz CT molecular complexity index is 1940. The summed E-state index contributed by atoms with van der Waals surface area (Å²) in [5, 5.41) is 0.642. The highest BCUT2D eigenvalue weighted by Crippen LogP contribution is 2.63. The molecule has 3 aliphatic rings. The van der Waals surface area contributed by atoms with E-state index < -0.39 is 23.4 Å². The Morgan fingerprint density at radius 1 is 0.795 bits per heavy atom. The van der Waals surface area contributed by atoms with E-state index in [2.05, 4.69) is 50.1 Å². The molecule has 4 aromatic carbocycles. The molecular weight excluding hydrogens is 706 g/mol. The van der Waals surface area contributed by atoms with Crippen molar-refractivity contribution in [2.75, 3.05) is 19.1 Å². The average molecular weight is 730 g/mol. The molecular formula is C36H24Br2ClNO4. The van der Waals surface area contributed by atoms with Crippen molar-refractivity contribution in [1.82, 2.24) is 0 Å². The molecule has 0 saturated heterocycles. The molecule has 0 N–H and O–H groups in total. The fourth-order valence-electron chi connectivity index (χ4n) is 6.93. The quantitative estimate of drug-likeness (QED) is 0.197. The summed E-state index contributed by atoms with van der Waals surface area (Å²) in [6.07, 6.45) is 6.16. The molecule has 5 nitrogen and oxygen atoms in total. The minimum Gasteiger partial charge on any atom is -0.466 e. The summed E-state index contributed by atoms with van der Waals surface area (Å²) in [5.74, 6) is -1.22. The van der Waals surface area contributed by atoms with Gasteiger partial charge in [0.25, 0.3) is 0 Å². The number of methoxy groups -OCH3 is 2. The lowest BCUT2D eigenvalue weighted by Gasteiger charge is -2.41. The van der Waals surface area contributed by atoms with Crippen LogP contribution in [0, 0.1) is 0 Å². The van der Waals surface area contributed by atoms with Gasteiger partial charge in [-0.15, -0.1) is 0 Å². The van der Waals surface area contributed by atoms with Crippen molar-refractivity contribution in [2.24, 2.45) is 0 Å². The van der Waals surface area contributed by atoms with Crippen molar-refractivity contribution in [3.63, 3.8) is 0 Å².